The van der Waals surface area contributed by atoms with Crippen LogP contribution in [0.1, 0.15) is 19.6 Å². The predicted octanol–water partition coefficient (Wildman–Crippen LogP) is 2.57. The summed E-state index contributed by atoms with van der Waals surface area (Å²) in [6.07, 6.45) is 0.809. The summed E-state index contributed by atoms with van der Waals surface area (Å²) in [5.41, 5.74) is 5.88. The van der Waals surface area contributed by atoms with Gasteiger partial charge in [-0.15, -0.1) is 0 Å². The van der Waals surface area contributed by atoms with Gasteiger partial charge in [-0.1, -0.05) is 13.8 Å². The zero-order valence-corrected chi connectivity index (χ0v) is 8.97. The predicted molar refractivity (Wildman–Crippen MR) is 52.9 cm³/mol. The lowest BCUT2D eigenvalue weighted by molar-refractivity contribution is 0.422. The Morgan fingerprint density at radius 1 is 1.50 bits per heavy atom. The molecule has 0 aliphatic carbocycles. The van der Waals surface area contributed by atoms with E-state index in [2.05, 4.69) is 29.8 Å². The minimum atomic E-state index is 0.183. The van der Waals surface area contributed by atoms with Crippen molar-refractivity contribution in [1.82, 2.24) is 0 Å². The maximum atomic E-state index is 5.88. The lowest BCUT2D eigenvalue weighted by Crippen LogP contribution is -2.28. The Labute approximate surface area is 81.3 Å². The Kier molecular flexibility index (Phi) is 3.35. The van der Waals surface area contributed by atoms with Crippen molar-refractivity contribution in [3.63, 3.8) is 0 Å². The van der Waals surface area contributed by atoms with Gasteiger partial charge in [0.1, 0.15) is 5.76 Å². The minimum absolute atomic E-state index is 0.183. The molecule has 0 amide bonds. The highest BCUT2D eigenvalue weighted by molar-refractivity contribution is 9.10. The van der Waals surface area contributed by atoms with Crippen LogP contribution in [0.2, 0.25) is 0 Å². The first-order valence-corrected chi connectivity index (χ1v) is 4.88. The topological polar surface area (TPSA) is 39.2 Å². The largest absolute Gasteiger partial charge is 0.454 e. The molecule has 1 aromatic rings. The number of furan rings is 1. The van der Waals surface area contributed by atoms with Crippen molar-refractivity contribution in [3.05, 3.63) is 22.6 Å². The zero-order chi connectivity index (χ0) is 9.14. The van der Waals surface area contributed by atoms with Crippen LogP contribution in [0.15, 0.2) is 21.2 Å². The molecular weight excluding hydrogens is 218 g/mol. The monoisotopic (exact) mass is 231 g/mol. The quantitative estimate of drug-likeness (QED) is 0.869. The van der Waals surface area contributed by atoms with Crippen molar-refractivity contribution in [3.8, 4) is 0 Å². The number of rotatable bonds is 3. The van der Waals surface area contributed by atoms with Crippen molar-refractivity contribution in [2.24, 2.45) is 11.7 Å². The van der Waals surface area contributed by atoms with Gasteiger partial charge in [-0.2, -0.15) is 0 Å². The normalized spacial score (nSPS) is 13.8. The van der Waals surface area contributed by atoms with Gasteiger partial charge in [-0.05, 0) is 34.0 Å². The molecule has 0 aromatic carbocycles. The number of hydrogen-bond acceptors (Lipinski definition) is 2. The Balaban J connectivity index is 2.52. The van der Waals surface area contributed by atoms with Crippen LogP contribution in [-0.4, -0.2) is 6.04 Å². The smallest absolute Gasteiger partial charge is 0.169 e. The van der Waals surface area contributed by atoms with E-state index in [0.29, 0.717) is 5.92 Å². The fourth-order valence-electron chi connectivity index (χ4n) is 0.929. The van der Waals surface area contributed by atoms with E-state index in [1.807, 2.05) is 12.1 Å². The van der Waals surface area contributed by atoms with Gasteiger partial charge in [-0.3, -0.25) is 0 Å². The summed E-state index contributed by atoms with van der Waals surface area (Å²) in [4.78, 5) is 0. The highest BCUT2D eigenvalue weighted by atomic mass is 79.9. The van der Waals surface area contributed by atoms with Gasteiger partial charge >= 0.3 is 0 Å². The van der Waals surface area contributed by atoms with Crippen LogP contribution in [0.3, 0.4) is 0 Å². The van der Waals surface area contributed by atoms with Crippen LogP contribution in [0.5, 0.6) is 0 Å². The van der Waals surface area contributed by atoms with Crippen molar-refractivity contribution >= 4 is 15.9 Å². The second kappa shape index (κ2) is 4.10. The van der Waals surface area contributed by atoms with Crippen molar-refractivity contribution < 1.29 is 4.42 Å². The second-order valence-corrected chi connectivity index (χ2v) is 4.10. The van der Waals surface area contributed by atoms with Crippen LogP contribution in [0, 0.1) is 5.92 Å². The molecule has 12 heavy (non-hydrogen) atoms. The molecule has 1 aromatic heterocycles. The zero-order valence-electron chi connectivity index (χ0n) is 7.38. The van der Waals surface area contributed by atoms with E-state index < -0.39 is 0 Å². The minimum Gasteiger partial charge on any atom is -0.454 e. The van der Waals surface area contributed by atoms with E-state index in [1.54, 1.807) is 0 Å². The molecule has 68 valence electrons. The first-order valence-electron chi connectivity index (χ1n) is 4.09. The molecule has 1 rings (SSSR count). The van der Waals surface area contributed by atoms with Crippen LogP contribution >= 0.6 is 15.9 Å². The standard InChI is InChI=1S/C9H14BrNO/c1-6(2)8(11)5-7-3-4-9(10)12-7/h3-4,6,8H,5,11H2,1-2H3. The molecular formula is C9H14BrNO. The third kappa shape index (κ3) is 2.64. The third-order valence-corrected chi connectivity index (χ3v) is 2.35. The van der Waals surface area contributed by atoms with Crippen molar-refractivity contribution in [2.75, 3.05) is 0 Å². The van der Waals surface area contributed by atoms with Gasteiger partial charge in [0.2, 0.25) is 0 Å². The third-order valence-electron chi connectivity index (χ3n) is 1.92. The average Bonchev–Trinajstić information content (AvgIpc) is 2.35. The van der Waals surface area contributed by atoms with E-state index >= 15 is 0 Å². The Morgan fingerprint density at radius 2 is 2.17 bits per heavy atom. The molecule has 0 fully saturated rings. The Morgan fingerprint density at radius 3 is 2.58 bits per heavy atom. The molecule has 0 saturated heterocycles. The highest BCUT2D eigenvalue weighted by Gasteiger charge is 2.10. The van der Waals surface area contributed by atoms with Crippen LogP contribution in [-0.2, 0) is 6.42 Å². The van der Waals surface area contributed by atoms with Gasteiger partial charge in [0.25, 0.3) is 0 Å². The van der Waals surface area contributed by atoms with Crippen molar-refractivity contribution in [2.45, 2.75) is 26.3 Å². The van der Waals surface area contributed by atoms with E-state index in [-0.39, 0.29) is 6.04 Å². The van der Waals surface area contributed by atoms with E-state index in [9.17, 15) is 0 Å². The summed E-state index contributed by atoms with van der Waals surface area (Å²) in [6, 6.07) is 4.03. The van der Waals surface area contributed by atoms with Crippen LogP contribution in [0.25, 0.3) is 0 Å². The summed E-state index contributed by atoms with van der Waals surface area (Å²) >= 11 is 3.25. The summed E-state index contributed by atoms with van der Waals surface area (Å²) in [5.74, 6) is 1.44. The maximum Gasteiger partial charge on any atom is 0.169 e. The molecule has 0 bridgehead atoms. The molecule has 2 nitrogen and oxygen atoms in total. The maximum absolute atomic E-state index is 5.88. The van der Waals surface area contributed by atoms with Gasteiger partial charge in [0.05, 0.1) is 0 Å². The molecule has 0 radical (unpaired) electrons. The lowest BCUT2D eigenvalue weighted by atomic mass is 10.0. The summed E-state index contributed by atoms with van der Waals surface area (Å²) in [6.45, 7) is 4.23. The molecule has 1 unspecified atom stereocenters. The van der Waals surface area contributed by atoms with Gasteiger partial charge in [-0.25, -0.2) is 0 Å². The highest BCUT2D eigenvalue weighted by Crippen LogP contribution is 2.16. The van der Waals surface area contributed by atoms with E-state index in [1.165, 1.54) is 0 Å². The molecule has 0 aliphatic rings. The SMILES string of the molecule is CC(C)C(N)Cc1ccc(Br)o1. The second-order valence-electron chi connectivity index (χ2n) is 3.32. The number of halogens is 1. The first kappa shape index (κ1) is 9.81. The van der Waals surface area contributed by atoms with Gasteiger partial charge in [0.15, 0.2) is 4.67 Å². The molecule has 0 spiro atoms. The molecule has 1 atom stereocenters. The van der Waals surface area contributed by atoms with Gasteiger partial charge < -0.3 is 10.2 Å². The van der Waals surface area contributed by atoms with Crippen LogP contribution in [0.4, 0.5) is 0 Å². The molecule has 0 saturated carbocycles. The number of hydrogen-bond donors (Lipinski definition) is 1. The number of nitrogens with two attached hydrogens (primary N) is 1. The fourth-order valence-corrected chi connectivity index (χ4v) is 1.27. The fraction of sp³-hybridized carbons (Fsp3) is 0.556. The average molecular weight is 232 g/mol. The van der Waals surface area contributed by atoms with Gasteiger partial charge in [0, 0.05) is 12.5 Å². The Bertz CT molecular complexity index is 244. The Hall–Kier alpha value is -0.280. The van der Waals surface area contributed by atoms with Crippen LogP contribution < -0.4 is 5.73 Å². The van der Waals surface area contributed by atoms with Crippen molar-refractivity contribution in [1.29, 1.82) is 0 Å². The lowest BCUT2D eigenvalue weighted by Gasteiger charge is -2.13. The summed E-state index contributed by atoms with van der Waals surface area (Å²) in [7, 11) is 0. The molecule has 1 heterocycles. The van der Waals surface area contributed by atoms with E-state index in [0.717, 1.165) is 16.9 Å². The molecule has 0 aliphatic heterocycles. The summed E-state index contributed by atoms with van der Waals surface area (Å²) in [5, 5.41) is 0. The molecule has 2 N–H and O–H groups in total. The first-order chi connectivity index (χ1) is 5.59. The summed E-state index contributed by atoms with van der Waals surface area (Å²) < 4.78 is 6.11. The van der Waals surface area contributed by atoms with E-state index in [4.69, 9.17) is 10.2 Å². The molecule has 3 heteroatoms.